The molecule has 0 radical (unpaired) electrons. The standard InChI is InChI=1S/C22H19FN2O6/c23-17-4-2-1-3-14(17)12-29-21-9-25(16(11-26)8-18(21)27)10-22(28)24-15-5-6-19-20(7-15)31-13-30-19/h1-9,26H,10-13H2,(H,24,28). The summed E-state index contributed by atoms with van der Waals surface area (Å²) in [4.78, 5) is 24.8. The van der Waals surface area contributed by atoms with Gasteiger partial charge < -0.3 is 29.2 Å². The summed E-state index contributed by atoms with van der Waals surface area (Å²) in [5.74, 6) is 0.227. The molecule has 3 aromatic rings. The van der Waals surface area contributed by atoms with Crippen LogP contribution in [-0.2, 0) is 24.6 Å². The summed E-state index contributed by atoms with van der Waals surface area (Å²) in [6.45, 7) is -0.649. The van der Waals surface area contributed by atoms with Gasteiger partial charge in [-0.25, -0.2) is 4.39 Å². The highest BCUT2D eigenvalue weighted by molar-refractivity contribution is 5.91. The van der Waals surface area contributed by atoms with Crippen LogP contribution in [0.15, 0.2) is 59.5 Å². The molecule has 9 heteroatoms. The Morgan fingerprint density at radius 2 is 1.97 bits per heavy atom. The number of halogens is 1. The van der Waals surface area contributed by atoms with Crippen LogP contribution in [0.2, 0.25) is 0 Å². The second-order valence-electron chi connectivity index (χ2n) is 6.78. The van der Waals surface area contributed by atoms with E-state index in [4.69, 9.17) is 14.2 Å². The van der Waals surface area contributed by atoms with Gasteiger partial charge in [0.05, 0.1) is 12.8 Å². The highest BCUT2D eigenvalue weighted by atomic mass is 19.1. The number of fused-ring (bicyclic) bond motifs is 1. The number of ether oxygens (including phenoxy) is 3. The molecule has 1 aliphatic heterocycles. The summed E-state index contributed by atoms with van der Waals surface area (Å²) in [5, 5.41) is 12.3. The van der Waals surface area contributed by atoms with Crippen LogP contribution in [0, 0.1) is 5.82 Å². The zero-order valence-corrected chi connectivity index (χ0v) is 16.3. The van der Waals surface area contributed by atoms with Crippen molar-refractivity contribution in [1.82, 2.24) is 4.57 Å². The topological polar surface area (TPSA) is 99.0 Å². The van der Waals surface area contributed by atoms with Crippen molar-refractivity contribution in [2.75, 3.05) is 12.1 Å². The molecule has 0 saturated carbocycles. The molecule has 1 aliphatic rings. The minimum absolute atomic E-state index is 0.0590. The molecule has 2 aromatic carbocycles. The third kappa shape index (κ3) is 4.67. The number of carbonyl (C=O) groups excluding carboxylic acids is 1. The van der Waals surface area contributed by atoms with Gasteiger partial charge in [-0.1, -0.05) is 18.2 Å². The summed E-state index contributed by atoms with van der Waals surface area (Å²) in [6, 6.07) is 12.3. The van der Waals surface area contributed by atoms with E-state index in [1.165, 1.54) is 22.9 Å². The summed E-state index contributed by atoms with van der Waals surface area (Å²) in [5.41, 5.74) is 0.564. The largest absolute Gasteiger partial charge is 0.483 e. The molecule has 4 rings (SSSR count). The van der Waals surface area contributed by atoms with Crippen LogP contribution in [0.25, 0.3) is 0 Å². The minimum atomic E-state index is -0.479. The Morgan fingerprint density at radius 1 is 1.16 bits per heavy atom. The Kier molecular flexibility index (Phi) is 5.85. The number of aromatic nitrogens is 1. The van der Waals surface area contributed by atoms with Crippen LogP contribution in [0.3, 0.4) is 0 Å². The predicted octanol–water partition coefficient (Wildman–Crippen LogP) is 2.43. The maximum absolute atomic E-state index is 13.8. The van der Waals surface area contributed by atoms with Gasteiger partial charge in [0.2, 0.25) is 18.1 Å². The first-order chi connectivity index (χ1) is 15.0. The average molecular weight is 426 g/mol. The van der Waals surface area contributed by atoms with Crippen molar-refractivity contribution < 1.29 is 28.5 Å². The summed E-state index contributed by atoms with van der Waals surface area (Å²) in [6.07, 6.45) is 1.33. The fourth-order valence-electron chi connectivity index (χ4n) is 3.09. The molecule has 0 atom stereocenters. The number of nitrogens with one attached hydrogen (secondary N) is 1. The van der Waals surface area contributed by atoms with Crippen LogP contribution in [-0.4, -0.2) is 22.4 Å². The number of amides is 1. The summed E-state index contributed by atoms with van der Waals surface area (Å²) in [7, 11) is 0. The molecule has 0 bridgehead atoms. The van der Waals surface area contributed by atoms with Gasteiger partial charge in [-0.05, 0) is 18.2 Å². The van der Waals surface area contributed by atoms with E-state index in [2.05, 4.69) is 5.32 Å². The van der Waals surface area contributed by atoms with Crippen molar-refractivity contribution in [3.8, 4) is 17.2 Å². The number of hydrogen-bond acceptors (Lipinski definition) is 6. The molecule has 0 saturated heterocycles. The lowest BCUT2D eigenvalue weighted by molar-refractivity contribution is -0.116. The van der Waals surface area contributed by atoms with Crippen molar-refractivity contribution in [3.63, 3.8) is 0 Å². The number of aliphatic hydroxyl groups is 1. The normalized spacial score (nSPS) is 11.9. The van der Waals surface area contributed by atoms with E-state index in [0.29, 0.717) is 22.7 Å². The Hall–Kier alpha value is -3.85. The van der Waals surface area contributed by atoms with Gasteiger partial charge in [0, 0.05) is 29.1 Å². The second-order valence-corrected chi connectivity index (χ2v) is 6.78. The second kappa shape index (κ2) is 8.88. The molecule has 0 aliphatic carbocycles. The Labute approximate surface area is 176 Å². The van der Waals surface area contributed by atoms with Crippen molar-refractivity contribution >= 4 is 11.6 Å². The SMILES string of the molecule is O=C(Cn1cc(OCc2ccccc2F)c(=O)cc1CO)Nc1ccc2c(c1)OCO2. The molecule has 8 nitrogen and oxygen atoms in total. The number of pyridine rings is 1. The number of benzene rings is 2. The third-order valence-corrected chi connectivity index (χ3v) is 4.66. The number of hydrogen-bond donors (Lipinski definition) is 2. The van der Waals surface area contributed by atoms with Gasteiger partial charge >= 0.3 is 0 Å². The van der Waals surface area contributed by atoms with Crippen LogP contribution >= 0.6 is 0 Å². The van der Waals surface area contributed by atoms with E-state index >= 15 is 0 Å². The molecule has 0 fully saturated rings. The lowest BCUT2D eigenvalue weighted by Crippen LogP contribution is -2.23. The van der Waals surface area contributed by atoms with Crippen molar-refractivity contribution in [2.45, 2.75) is 19.8 Å². The van der Waals surface area contributed by atoms with E-state index in [1.807, 2.05) is 0 Å². The van der Waals surface area contributed by atoms with Gasteiger partial charge in [-0.3, -0.25) is 9.59 Å². The van der Waals surface area contributed by atoms with Crippen molar-refractivity contribution in [3.05, 3.63) is 82.0 Å². The first-order valence-electron chi connectivity index (χ1n) is 9.43. The average Bonchev–Trinajstić information content (AvgIpc) is 3.22. The summed E-state index contributed by atoms with van der Waals surface area (Å²) >= 11 is 0. The molecule has 31 heavy (non-hydrogen) atoms. The Balaban J connectivity index is 1.49. The monoisotopic (exact) mass is 426 g/mol. The number of rotatable bonds is 7. The first-order valence-corrected chi connectivity index (χ1v) is 9.43. The van der Waals surface area contributed by atoms with Crippen LogP contribution in [0.1, 0.15) is 11.3 Å². The lowest BCUT2D eigenvalue weighted by atomic mass is 10.2. The van der Waals surface area contributed by atoms with E-state index in [-0.39, 0.29) is 31.4 Å². The Morgan fingerprint density at radius 3 is 2.77 bits per heavy atom. The molecule has 0 spiro atoms. The van der Waals surface area contributed by atoms with Gasteiger partial charge in [0.25, 0.3) is 0 Å². The highest BCUT2D eigenvalue weighted by Crippen LogP contribution is 2.34. The summed E-state index contributed by atoms with van der Waals surface area (Å²) < 4.78 is 31.2. The molecule has 0 unspecified atom stereocenters. The van der Waals surface area contributed by atoms with E-state index in [1.54, 1.807) is 36.4 Å². The molecule has 2 N–H and O–H groups in total. The van der Waals surface area contributed by atoms with Crippen LogP contribution in [0.5, 0.6) is 17.2 Å². The van der Waals surface area contributed by atoms with Crippen molar-refractivity contribution in [2.24, 2.45) is 0 Å². The predicted molar refractivity (Wildman–Crippen MR) is 109 cm³/mol. The minimum Gasteiger partial charge on any atom is -0.483 e. The van der Waals surface area contributed by atoms with E-state index < -0.39 is 23.8 Å². The first kappa shape index (κ1) is 20.4. The number of nitrogens with zero attached hydrogens (tertiary/aromatic N) is 1. The Bertz CT molecular complexity index is 1180. The maximum Gasteiger partial charge on any atom is 0.244 e. The van der Waals surface area contributed by atoms with Crippen LogP contribution < -0.4 is 25.0 Å². The zero-order valence-electron chi connectivity index (χ0n) is 16.3. The smallest absolute Gasteiger partial charge is 0.244 e. The van der Waals surface area contributed by atoms with Gasteiger partial charge in [0.1, 0.15) is 19.0 Å². The highest BCUT2D eigenvalue weighted by Gasteiger charge is 2.15. The van der Waals surface area contributed by atoms with Gasteiger partial charge in [0.15, 0.2) is 17.2 Å². The number of carbonyl (C=O) groups is 1. The zero-order chi connectivity index (χ0) is 21.8. The molecular formula is C22H19FN2O6. The molecule has 1 amide bonds. The van der Waals surface area contributed by atoms with Crippen LogP contribution in [0.4, 0.5) is 10.1 Å². The fourth-order valence-corrected chi connectivity index (χ4v) is 3.09. The fraction of sp³-hybridized carbons (Fsp3) is 0.182. The number of anilines is 1. The maximum atomic E-state index is 13.8. The third-order valence-electron chi connectivity index (χ3n) is 4.66. The van der Waals surface area contributed by atoms with Crippen molar-refractivity contribution in [1.29, 1.82) is 0 Å². The quantitative estimate of drug-likeness (QED) is 0.602. The van der Waals surface area contributed by atoms with E-state index in [0.717, 1.165) is 0 Å². The lowest BCUT2D eigenvalue weighted by Gasteiger charge is -2.15. The van der Waals surface area contributed by atoms with E-state index in [9.17, 15) is 19.1 Å². The molecule has 1 aromatic heterocycles. The molecule has 160 valence electrons. The molecular weight excluding hydrogens is 407 g/mol. The van der Waals surface area contributed by atoms with Gasteiger partial charge in [-0.2, -0.15) is 0 Å². The van der Waals surface area contributed by atoms with Gasteiger partial charge in [-0.15, -0.1) is 0 Å². The molecule has 2 heterocycles. The number of aliphatic hydroxyl groups excluding tert-OH is 1.